The molecule has 2 nitrogen and oxygen atoms in total. The fourth-order valence-corrected chi connectivity index (χ4v) is 1.54. The molecule has 1 aromatic rings. The van der Waals surface area contributed by atoms with E-state index in [1.807, 2.05) is 0 Å². The molecule has 0 atom stereocenters. The summed E-state index contributed by atoms with van der Waals surface area (Å²) in [5.41, 5.74) is 0.986. The van der Waals surface area contributed by atoms with E-state index in [2.05, 4.69) is 32.8 Å². The monoisotopic (exact) mass is 234 g/mol. The molecule has 0 N–H and O–H groups in total. The number of rotatable bonds is 2. The fourth-order valence-electron chi connectivity index (χ4n) is 0.818. The Bertz CT molecular complexity index is 232. The fraction of sp³-hybridized carbons (Fsp3) is 0.429. The van der Waals surface area contributed by atoms with Crippen LogP contribution in [0.2, 0.25) is 5.15 Å². The van der Waals surface area contributed by atoms with Gasteiger partial charge in [0.15, 0.2) is 4.73 Å². The molecule has 0 saturated heterocycles. The molecule has 0 radical (unpaired) electrons. The third kappa shape index (κ3) is 2.75. The molecule has 4 heteroatoms. The second-order valence-corrected chi connectivity index (χ2v) is 3.30. The first-order valence-corrected chi connectivity index (χ1v) is 4.58. The van der Waals surface area contributed by atoms with Crippen LogP contribution in [-0.2, 0) is 6.42 Å². The van der Waals surface area contributed by atoms with Crippen molar-refractivity contribution in [2.75, 3.05) is 0 Å². The lowest BCUT2D eigenvalue weighted by Gasteiger charge is -1.97. The molecule has 0 amide bonds. The number of aromatic nitrogens is 2. The van der Waals surface area contributed by atoms with Crippen LogP contribution in [0.15, 0.2) is 10.8 Å². The van der Waals surface area contributed by atoms with Gasteiger partial charge in [0.2, 0.25) is 0 Å². The van der Waals surface area contributed by atoms with Crippen molar-refractivity contribution >= 4 is 27.5 Å². The molecule has 1 aromatic heterocycles. The third-order valence-electron chi connectivity index (χ3n) is 1.23. The van der Waals surface area contributed by atoms with E-state index in [0.717, 1.165) is 18.5 Å². The minimum absolute atomic E-state index is 0.496. The molecule has 0 saturated carbocycles. The Morgan fingerprint density at radius 3 is 2.82 bits per heavy atom. The van der Waals surface area contributed by atoms with Crippen molar-refractivity contribution in [2.45, 2.75) is 19.8 Å². The summed E-state index contributed by atoms with van der Waals surface area (Å²) < 4.78 is 0.563. The van der Waals surface area contributed by atoms with Crippen LogP contribution in [0.5, 0.6) is 0 Å². The maximum atomic E-state index is 5.70. The van der Waals surface area contributed by atoms with E-state index in [-0.39, 0.29) is 0 Å². The largest absolute Gasteiger partial charge is 0.227 e. The van der Waals surface area contributed by atoms with Gasteiger partial charge in [-0.15, -0.1) is 0 Å². The van der Waals surface area contributed by atoms with Gasteiger partial charge in [-0.1, -0.05) is 24.9 Å². The van der Waals surface area contributed by atoms with Crippen LogP contribution in [0, 0.1) is 0 Å². The molecule has 60 valence electrons. The number of hydrogen-bond acceptors (Lipinski definition) is 2. The lowest BCUT2D eigenvalue weighted by molar-refractivity contribution is 0.864. The van der Waals surface area contributed by atoms with Crippen molar-refractivity contribution in [3.63, 3.8) is 0 Å². The summed E-state index contributed by atoms with van der Waals surface area (Å²) in [6.07, 6.45) is 2.01. The standard InChI is InChI=1S/C7H8BrClN2/c1-2-3-5-4-6(9)11-7(8)10-5/h4H,2-3H2,1H3. The highest BCUT2D eigenvalue weighted by Gasteiger charge is 1.98. The van der Waals surface area contributed by atoms with E-state index in [0.29, 0.717) is 9.89 Å². The lowest BCUT2D eigenvalue weighted by Crippen LogP contribution is -1.92. The van der Waals surface area contributed by atoms with Crippen LogP contribution in [0.1, 0.15) is 19.0 Å². The highest BCUT2D eigenvalue weighted by Crippen LogP contribution is 2.12. The van der Waals surface area contributed by atoms with Gasteiger partial charge < -0.3 is 0 Å². The molecule has 0 aliphatic carbocycles. The van der Waals surface area contributed by atoms with Gasteiger partial charge >= 0.3 is 0 Å². The van der Waals surface area contributed by atoms with Crippen LogP contribution in [0.25, 0.3) is 0 Å². The molecule has 0 unspecified atom stereocenters. The first-order chi connectivity index (χ1) is 5.22. The van der Waals surface area contributed by atoms with Crippen LogP contribution >= 0.6 is 27.5 Å². The van der Waals surface area contributed by atoms with Gasteiger partial charge in [0.25, 0.3) is 0 Å². The summed E-state index contributed by atoms with van der Waals surface area (Å²) >= 11 is 8.88. The number of aryl methyl sites for hydroxylation is 1. The smallest absolute Gasteiger partial charge is 0.198 e. The maximum absolute atomic E-state index is 5.70. The van der Waals surface area contributed by atoms with Crippen molar-refractivity contribution in [3.8, 4) is 0 Å². The van der Waals surface area contributed by atoms with Gasteiger partial charge in [0.1, 0.15) is 5.15 Å². The summed E-state index contributed by atoms with van der Waals surface area (Å²) in [7, 11) is 0. The Morgan fingerprint density at radius 1 is 1.55 bits per heavy atom. The normalized spacial score (nSPS) is 10.1. The second kappa shape index (κ2) is 4.02. The van der Waals surface area contributed by atoms with Crippen molar-refractivity contribution in [1.82, 2.24) is 9.97 Å². The van der Waals surface area contributed by atoms with E-state index < -0.39 is 0 Å². The first-order valence-electron chi connectivity index (χ1n) is 3.41. The Balaban J connectivity index is 2.89. The summed E-state index contributed by atoms with van der Waals surface area (Å²) in [6, 6.07) is 1.79. The lowest BCUT2D eigenvalue weighted by atomic mass is 10.2. The van der Waals surface area contributed by atoms with Crippen LogP contribution < -0.4 is 0 Å². The highest BCUT2D eigenvalue weighted by atomic mass is 79.9. The molecule has 0 aliphatic heterocycles. The van der Waals surface area contributed by atoms with Crippen molar-refractivity contribution in [1.29, 1.82) is 0 Å². The Hall–Kier alpha value is -0.150. The maximum Gasteiger partial charge on any atom is 0.198 e. The average molecular weight is 236 g/mol. The van der Waals surface area contributed by atoms with Crippen molar-refractivity contribution < 1.29 is 0 Å². The molecular formula is C7H8BrClN2. The van der Waals surface area contributed by atoms with Gasteiger partial charge in [-0.25, -0.2) is 9.97 Å². The molecule has 11 heavy (non-hydrogen) atoms. The number of hydrogen-bond donors (Lipinski definition) is 0. The van der Waals surface area contributed by atoms with Crippen LogP contribution in [-0.4, -0.2) is 9.97 Å². The van der Waals surface area contributed by atoms with E-state index in [1.165, 1.54) is 0 Å². The first kappa shape index (κ1) is 8.94. The van der Waals surface area contributed by atoms with Gasteiger partial charge in [-0.3, -0.25) is 0 Å². The minimum Gasteiger partial charge on any atom is -0.227 e. The zero-order valence-electron chi connectivity index (χ0n) is 6.14. The highest BCUT2D eigenvalue weighted by molar-refractivity contribution is 9.10. The van der Waals surface area contributed by atoms with E-state index >= 15 is 0 Å². The SMILES string of the molecule is CCCc1cc(Cl)nc(Br)n1. The van der Waals surface area contributed by atoms with Crippen molar-refractivity contribution in [3.05, 3.63) is 21.6 Å². The summed E-state index contributed by atoms with van der Waals surface area (Å²) in [5.74, 6) is 0. The second-order valence-electron chi connectivity index (χ2n) is 2.20. The van der Waals surface area contributed by atoms with Crippen LogP contribution in [0.3, 0.4) is 0 Å². The Labute approximate surface area is 79.1 Å². The molecule has 0 aromatic carbocycles. The van der Waals surface area contributed by atoms with Gasteiger partial charge in [-0.2, -0.15) is 0 Å². The molecule has 1 heterocycles. The molecule has 0 aliphatic rings. The van der Waals surface area contributed by atoms with Crippen molar-refractivity contribution in [2.24, 2.45) is 0 Å². The quantitative estimate of drug-likeness (QED) is 0.582. The third-order valence-corrected chi connectivity index (χ3v) is 1.78. The molecule has 1 rings (SSSR count). The van der Waals surface area contributed by atoms with E-state index in [1.54, 1.807) is 6.07 Å². The summed E-state index contributed by atoms with van der Waals surface area (Å²) in [5, 5.41) is 0.496. The Kier molecular flexibility index (Phi) is 3.27. The van der Waals surface area contributed by atoms with E-state index in [9.17, 15) is 0 Å². The predicted octanol–water partition coefficient (Wildman–Crippen LogP) is 2.85. The summed E-state index contributed by atoms with van der Waals surface area (Å²) in [6.45, 7) is 2.10. The van der Waals surface area contributed by atoms with Crippen LogP contribution in [0.4, 0.5) is 0 Å². The van der Waals surface area contributed by atoms with Gasteiger partial charge in [0.05, 0.1) is 0 Å². The molecule has 0 bridgehead atoms. The number of nitrogens with zero attached hydrogens (tertiary/aromatic N) is 2. The predicted molar refractivity (Wildman–Crippen MR) is 48.7 cm³/mol. The molecule has 0 spiro atoms. The average Bonchev–Trinajstić information content (AvgIpc) is 1.85. The minimum atomic E-state index is 0.496. The molecular weight excluding hydrogens is 227 g/mol. The zero-order valence-corrected chi connectivity index (χ0v) is 8.48. The summed E-state index contributed by atoms with van der Waals surface area (Å²) in [4.78, 5) is 8.03. The van der Waals surface area contributed by atoms with Gasteiger partial charge in [0, 0.05) is 5.69 Å². The van der Waals surface area contributed by atoms with E-state index in [4.69, 9.17) is 11.6 Å². The topological polar surface area (TPSA) is 25.8 Å². The molecule has 0 fully saturated rings. The zero-order chi connectivity index (χ0) is 8.27. The number of halogens is 2. The Morgan fingerprint density at radius 2 is 2.27 bits per heavy atom. The van der Waals surface area contributed by atoms with Gasteiger partial charge in [-0.05, 0) is 28.4 Å².